The minimum atomic E-state index is -0.768. The predicted molar refractivity (Wildman–Crippen MR) is 96.9 cm³/mol. The number of nitro benzene ring substituents is 1. The van der Waals surface area contributed by atoms with Gasteiger partial charge < -0.3 is 5.32 Å². The van der Waals surface area contributed by atoms with E-state index in [2.05, 4.69) is 5.32 Å². The average molecular weight is 357 g/mol. The number of aryl methyl sites for hydroxylation is 2. The maximum Gasteiger partial charge on any atom is 0.295 e. The molecule has 1 heterocycles. The van der Waals surface area contributed by atoms with E-state index in [-0.39, 0.29) is 16.8 Å². The molecule has 0 saturated carbocycles. The van der Waals surface area contributed by atoms with E-state index >= 15 is 0 Å². The summed E-state index contributed by atoms with van der Waals surface area (Å²) in [5.41, 5.74) is 3.11. The highest BCUT2D eigenvalue weighted by atomic mass is 32.2. The second kappa shape index (κ2) is 6.56. The number of benzene rings is 2. The van der Waals surface area contributed by atoms with Crippen LogP contribution in [-0.2, 0) is 4.79 Å². The Labute approximate surface area is 148 Å². The molecule has 2 amide bonds. The summed E-state index contributed by atoms with van der Waals surface area (Å²) in [5, 5.41) is 12.5. The third kappa shape index (κ3) is 3.34. The lowest BCUT2D eigenvalue weighted by Crippen LogP contribution is -2.34. The molecule has 1 atom stereocenters. The van der Waals surface area contributed by atoms with Gasteiger partial charge in [0.1, 0.15) is 0 Å². The largest absolute Gasteiger partial charge is 0.365 e. The molecule has 0 aromatic heterocycles. The first kappa shape index (κ1) is 17.0. The summed E-state index contributed by atoms with van der Waals surface area (Å²) < 4.78 is 0. The molecule has 0 bridgehead atoms. The van der Waals surface area contributed by atoms with Crippen LogP contribution in [-0.4, -0.2) is 21.4 Å². The number of thioether (sulfide) groups is 1. The summed E-state index contributed by atoms with van der Waals surface area (Å²) in [6.45, 7) is 3.88. The highest BCUT2D eigenvalue weighted by Gasteiger charge is 2.40. The van der Waals surface area contributed by atoms with E-state index < -0.39 is 10.3 Å². The van der Waals surface area contributed by atoms with Crippen LogP contribution in [0.2, 0.25) is 0 Å². The van der Waals surface area contributed by atoms with Crippen LogP contribution in [0, 0.1) is 24.0 Å². The van der Waals surface area contributed by atoms with Gasteiger partial charge in [-0.15, -0.1) is 0 Å². The van der Waals surface area contributed by atoms with Gasteiger partial charge in [-0.3, -0.25) is 19.7 Å². The van der Waals surface area contributed by atoms with E-state index in [0.717, 1.165) is 27.8 Å². The Hall–Kier alpha value is -2.87. The molecule has 25 heavy (non-hydrogen) atoms. The van der Waals surface area contributed by atoms with E-state index in [1.165, 1.54) is 24.3 Å². The molecule has 0 spiro atoms. The number of imide groups is 1. The Morgan fingerprint density at radius 3 is 2.36 bits per heavy atom. The molecule has 1 aliphatic rings. The van der Waals surface area contributed by atoms with Crippen molar-refractivity contribution in [3.63, 3.8) is 0 Å². The Balaban J connectivity index is 1.78. The number of rotatable bonds is 4. The van der Waals surface area contributed by atoms with Crippen molar-refractivity contribution in [3.05, 3.63) is 63.7 Å². The molecule has 3 rings (SSSR count). The molecule has 8 heteroatoms. The van der Waals surface area contributed by atoms with Gasteiger partial charge in [0.2, 0.25) is 0 Å². The maximum absolute atomic E-state index is 12.6. The van der Waals surface area contributed by atoms with Crippen molar-refractivity contribution in [1.82, 2.24) is 0 Å². The van der Waals surface area contributed by atoms with Crippen molar-refractivity contribution < 1.29 is 14.5 Å². The number of hydrogen-bond acceptors (Lipinski definition) is 6. The summed E-state index contributed by atoms with van der Waals surface area (Å²) >= 11 is 0.884. The van der Waals surface area contributed by atoms with Gasteiger partial charge in [0.15, 0.2) is 5.37 Å². The molecule has 0 aliphatic carbocycles. The number of carbonyl (C=O) groups is 2. The zero-order valence-corrected chi connectivity index (χ0v) is 14.4. The van der Waals surface area contributed by atoms with Crippen LogP contribution in [0.4, 0.5) is 21.9 Å². The number of hydrogen-bond donors (Lipinski definition) is 1. The van der Waals surface area contributed by atoms with Crippen molar-refractivity contribution in [3.8, 4) is 0 Å². The molecule has 1 aliphatic heterocycles. The van der Waals surface area contributed by atoms with E-state index in [1.807, 2.05) is 19.9 Å². The van der Waals surface area contributed by atoms with Crippen molar-refractivity contribution in [2.24, 2.45) is 0 Å². The molecule has 7 nitrogen and oxygen atoms in total. The predicted octanol–water partition coefficient (Wildman–Crippen LogP) is 3.85. The molecule has 2 aromatic rings. The summed E-state index contributed by atoms with van der Waals surface area (Å²) in [6.07, 6.45) is 0. The average Bonchev–Trinajstić information content (AvgIpc) is 2.85. The van der Waals surface area contributed by atoms with Gasteiger partial charge in [-0.05, 0) is 61.0 Å². The van der Waals surface area contributed by atoms with Crippen molar-refractivity contribution in [2.75, 3.05) is 10.2 Å². The fraction of sp³-hybridized carbons (Fsp3) is 0.176. The van der Waals surface area contributed by atoms with Crippen molar-refractivity contribution >= 4 is 40.0 Å². The summed E-state index contributed by atoms with van der Waals surface area (Å²) in [5.74, 6) is -0.364. The van der Waals surface area contributed by atoms with Crippen LogP contribution in [0.15, 0.2) is 42.5 Å². The SMILES string of the molecule is Cc1ccc(N2C(=O)SC(Nc3ccc([N+](=O)[O-])cc3)C2=O)cc1C. The summed E-state index contributed by atoms with van der Waals surface area (Å²) in [6, 6.07) is 11.1. The molecule has 2 aromatic carbocycles. The summed E-state index contributed by atoms with van der Waals surface area (Å²) in [4.78, 5) is 36.2. The highest BCUT2D eigenvalue weighted by molar-refractivity contribution is 8.16. The third-order valence-corrected chi connectivity index (χ3v) is 4.91. The van der Waals surface area contributed by atoms with Gasteiger partial charge in [0, 0.05) is 17.8 Å². The fourth-order valence-corrected chi connectivity index (χ4v) is 3.33. The number of nitrogens with zero attached hydrogens (tertiary/aromatic N) is 2. The van der Waals surface area contributed by atoms with Gasteiger partial charge >= 0.3 is 0 Å². The standard InChI is InChI=1S/C17H15N3O4S/c1-10-3-6-14(9-11(10)2)19-16(21)15(25-17(19)22)18-12-4-7-13(8-5-12)20(23)24/h3-9,15,18H,1-2H3. The normalized spacial score (nSPS) is 17.0. The number of carbonyl (C=O) groups excluding carboxylic acids is 2. The zero-order chi connectivity index (χ0) is 18.1. The number of nitro groups is 1. The van der Waals surface area contributed by atoms with Crippen LogP contribution in [0.25, 0.3) is 0 Å². The second-order valence-corrected chi connectivity index (χ2v) is 6.71. The smallest absolute Gasteiger partial charge is 0.295 e. The lowest BCUT2D eigenvalue weighted by molar-refractivity contribution is -0.384. The van der Waals surface area contributed by atoms with Gasteiger partial charge in [-0.1, -0.05) is 6.07 Å². The Bertz CT molecular complexity index is 867. The lowest BCUT2D eigenvalue weighted by atomic mass is 10.1. The number of nitrogens with one attached hydrogen (secondary N) is 1. The minimum absolute atomic E-state index is 0.0382. The molecular weight excluding hydrogens is 342 g/mol. The topological polar surface area (TPSA) is 92.6 Å². The first-order valence-corrected chi connectivity index (χ1v) is 8.37. The van der Waals surface area contributed by atoms with E-state index in [4.69, 9.17) is 0 Å². The molecule has 1 N–H and O–H groups in total. The van der Waals surface area contributed by atoms with Gasteiger partial charge in [-0.2, -0.15) is 0 Å². The maximum atomic E-state index is 12.6. The van der Waals surface area contributed by atoms with E-state index in [0.29, 0.717) is 11.4 Å². The van der Waals surface area contributed by atoms with Crippen molar-refractivity contribution in [2.45, 2.75) is 19.2 Å². The summed E-state index contributed by atoms with van der Waals surface area (Å²) in [7, 11) is 0. The van der Waals surface area contributed by atoms with Crippen LogP contribution in [0.5, 0.6) is 0 Å². The zero-order valence-electron chi connectivity index (χ0n) is 13.6. The molecular formula is C17H15N3O4S. The van der Waals surface area contributed by atoms with Crippen LogP contribution in [0.1, 0.15) is 11.1 Å². The van der Waals surface area contributed by atoms with Gasteiger partial charge in [0.05, 0.1) is 10.6 Å². The fourth-order valence-electron chi connectivity index (χ4n) is 2.43. The first-order valence-electron chi connectivity index (χ1n) is 7.49. The monoisotopic (exact) mass is 357 g/mol. The highest BCUT2D eigenvalue weighted by Crippen LogP contribution is 2.33. The van der Waals surface area contributed by atoms with Crippen molar-refractivity contribution in [1.29, 1.82) is 0 Å². The van der Waals surface area contributed by atoms with E-state index in [9.17, 15) is 19.7 Å². The molecule has 1 saturated heterocycles. The Morgan fingerprint density at radius 1 is 1.08 bits per heavy atom. The quantitative estimate of drug-likeness (QED) is 0.660. The van der Waals surface area contributed by atoms with Gasteiger partial charge in [-0.25, -0.2) is 4.90 Å². The number of amides is 2. The van der Waals surface area contributed by atoms with Crippen LogP contribution < -0.4 is 10.2 Å². The third-order valence-electron chi connectivity index (χ3n) is 3.97. The second-order valence-electron chi connectivity index (χ2n) is 5.65. The van der Waals surface area contributed by atoms with E-state index in [1.54, 1.807) is 12.1 Å². The molecule has 1 fully saturated rings. The van der Waals surface area contributed by atoms with Gasteiger partial charge in [0.25, 0.3) is 16.8 Å². The molecule has 128 valence electrons. The lowest BCUT2D eigenvalue weighted by Gasteiger charge is -2.16. The minimum Gasteiger partial charge on any atom is -0.365 e. The Kier molecular flexibility index (Phi) is 4.45. The molecule has 1 unspecified atom stereocenters. The number of anilines is 2. The van der Waals surface area contributed by atoms with Crippen LogP contribution >= 0.6 is 11.8 Å². The van der Waals surface area contributed by atoms with Crippen LogP contribution in [0.3, 0.4) is 0 Å². The first-order chi connectivity index (χ1) is 11.9. The Morgan fingerprint density at radius 2 is 1.76 bits per heavy atom. The molecule has 0 radical (unpaired) electrons. The number of non-ortho nitro benzene ring substituents is 1.